The van der Waals surface area contributed by atoms with Crippen LogP contribution in [0.3, 0.4) is 0 Å². The Morgan fingerprint density at radius 3 is 2.68 bits per heavy atom. The van der Waals surface area contributed by atoms with Crippen LogP contribution >= 0.6 is 0 Å². The van der Waals surface area contributed by atoms with Crippen LogP contribution in [0.2, 0.25) is 0 Å². The Hall–Kier alpha value is -2.99. The number of carbonyl (C=O) groups is 3. The van der Waals surface area contributed by atoms with Crippen LogP contribution < -0.4 is 5.73 Å². The Labute approximate surface area is 144 Å². The van der Waals surface area contributed by atoms with Crippen molar-refractivity contribution in [2.75, 3.05) is 0 Å². The second kappa shape index (κ2) is 7.27. The fraction of sp³-hybridized carbons (Fsp3) is 0.211. The molecule has 0 fully saturated rings. The fourth-order valence-electron chi connectivity index (χ4n) is 2.98. The van der Waals surface area contributed by atoms with Gasteiger partial charge in [-0.25, -0.2) is 0 Å². The van der Waals surface area contributed by atoms with Crippen molar-refractivity contribution >= 4 is 18.4 Å². The van der Waals surface area contributed by atoms with Crippen LogP contribution in [-0.4, -0.2) is 24.5 Å². The van der Waals surface area contributed by atoms with Crippen LogP contribution in [0, 0.1) is 0 Å². The molecule has 0 aromatic heterocycles. The molecule has 0 spiro atoms. The topological polar surface area (TPSA) is 95.7 Å². The van der Waals surface area contributed by atoms with Gasteiger partial charge in [0.25, 0.3) is 0 Å². The highest BCUT2D eigenvalue weighted by Gasteiger charge is 2.23. The van der Waals surface area contributed by atoms with Gasteiger partial charge in [0, 0.05) is 0 Å². The van der Waals surface area contributed by atoms with Gasteiger partial charge in [0.15, 0.2) is 0 Å². The molecular weight excluding hydrogens is 322 g/mol. The number of fused-ring (bicyclic) bond motifs is 3. The smallest absolute Gasteiger partial charge is 0.323 e. The SMILES string of the molecule is N[C@@H](CC(=O)OC=O)C(=O)OCc1cccc2c1Cc1ccccc1-2. The van der Waals surface area contributed by atoms with E-state index in [1.807, 2.05) is 30.3 Å². The van der Waals surface area contributed by atoms with Crippen LogP contribution in [0.4, 0.5) is 0 Å². The summed E-state index contributed by atoms with van der Waals surface area (Å²) in [4.78, 5) is 33.2. The number of hydrogen-bond donors (Lipinski definition) is 1. The van der Waals surface area contributed by atoms with Crippen molar-refractivity contribution in [3.63, 3.8) is 0 Å². The van der Waals surface area contributed by atoms with Crippen molar-refractivity contribution in [1.82, 2.24) is 0 Å². The number of nitrogens with two attached hydrogens (primary N) is 1. The van der Waals surface area contributed by atoms with Gasteiger partial charge in [0.1, 0.15) is 12.6 Å². The largest absolute Gasteiger partial charge is 0.460 e. The molecule has 6 nitrogen and oxygen atoms in total. The van der Waals surface area contributed by atoms with Gasteiger partial charge in [0.05, 0.1) is 6.42 Å². The summed E-state index contributed by atoms with van der Waals surface area (Å²) in [6.45, 7) is 0.0811. The zero-order chi connectivity index (χ0) is 17.8. The van der Waals surface area contributed by atoms with Crippen molar-refractivity contribution in [2.24, 2.45) is 5.73 Å². The summed E-state index contributed by atoms with van der Waals surface area (Å²) in [5.74, 6) is -1.58. The summed E-state index contributed by atoms with van der Waals surface area (Å²) >= 11 is 0. The number of esters is 2. The minimum absolute atomic E-state index is 0.00528. The fourth-order valence-corrected chi connectivity index (χ4v) is 2.98. The van der Waals surface area contributed by atoms with Gasteiger partial charge < -0.3 is 15.2 Å². The molecule has 3 rings (SSSR count). The van der Waals surface area contributed by atoms with Gasteiger partial charge in [-0.3, -0.25) is 14.4 Å². The van der Waals surface area contributed by atoms with Crippen molar-refractivity contribution in [2.45, 2.75) is 25.5 Å². The van der Waals surface area contributed by atoms with Crippen molar-refractivity contribution in [3.8, 4) is 11.1 Å². The normalized spacial score (nSPS) is 12.7. The first-order chi connectivity index (χ1) is 12.1. The summed E-state index contributed by atoms with van der Waals surface area (Å²) in [5.41, 5.74) is 11.2. The lowest BCUT2D eigenvalue weighted by Crippen LogP contribution is -2.35. The van der Waals surface area contributed by atoms with E-state index in [2.05, 4.69) is 16.9 Å². The molecule has 0 heterocycles. The van der Waals surface area contributed by atoms with E-state index in [9.17, 15) is 14.4 Å². The molecular formula is C19H17NO5. The van der Waals surface area contributed by atoms with E-state index in [-0.39, 0.29) is 13.1 Å². The molecule has 0 radical (unpaired) electrons. The van der Waals surface area contributed by atoms with Gasteiger partial charge >= 0.3 is 18.4 Å². The van der Waals surface area contributed by atoms with Crippen molar-refractivity contribution in [3.05, 3.63) is 59.2 Å². The maximum atomic E-state index is 11.9. The zero-order valence-electron chi connectivity index (χ0n) is 13.4. The Kier molecular flexibility index (Phi) is 4.90. The first kappa shape index (κ1) is 16.9. The predicted octanol–water partition coefficient (Wildman–Crippen LogP) is 1.72. The number of benzene rings is 2. The molecule has 0 saturated heterocycles. The molecule has 2 aromatic carbocycles. The van der Waals surface area contributed by atoms with E-state index in [1.54, 1.807) is 0 Å². The van der Waals surface area contributed by atoms with Crippen molar-refractivity contribution in [1.29, 1.82) is 0 Å². The number of hydrogen-bond acceptors (Lipinski definition) is 6. The average molecular weight is 339 g/mol. The molecule has 0 amide bonds. The molecule has 0 bridgehead atoms. The highest BCUT2D eigenvalue weighted by atomic mass is 16.6. The minimum Gasteiger partial charge on any atom is -0.460 e. The predicted molar refractivity (Wildman–Crippen MR) is 89.2 cm³/mol. The van der Waals surface area contributed by atoms with Gasteiger partial charge in [-0.1, -0.05) is 42.5 Å². The summed E-state index contributed by atoms with van der Waals surface area (Å²) in [6.07, 6.45) is 0.382. The van der Waals surface area contributed by atoms with Gasteiger partial charge in [0.2, 0.25) is 0 Å². The molecule has 0 unspecified atom stereocenters. The molecule has 25 heavy (non-hydrogen) atoms. The van der Waals surface area contributed by atoms with E-state index in [1.165, 1.54) is 11.1 Å². The Morgan fingerprint density at radius 2 is 1.88 bits per heavy atom. The summed E-state index contributed by atoms with van der Waals surface area (Å²) in [5, 5.41) is 0. The first-order valence-corrected chi connectivity index (χ1v) is 7.84. The van der Waals surface area contributed by atoms with Crippen LogP contribution in [0.25, 0.3) is 11.1 Å². The third kappa shape index (κ3) is 3.59. The number of rotatable bonds is 6. The second-order valence-electron chi connectivity index (χ2n) is 5.78. The lowest BCUT2D eigenvalue weighted by molar-refractivity contribution is -0.156. The molecule has 2 N–H and O–H groups in total. The quantitative estimate of drug-likeness (QED) is 0.417. The lowest BCUT2D eigenvalue weighted by Gasteiger charge is -2.12. The van der Waals surface area contributed by atoms with Crippen LogP contribution in [0.5, 0.6) is 0 Å². The molecule has 0 aliphatic heterocycles. The number of carbonyl (C=O) groups excluding carboxylic acids is 3. The second-order valence-corrected chi connectivity index (χ2v) is 5.78. The molecule has 128 valence electrons. The Bertz CT molecular complexity index is 830. The van der Waals surface area contributed by atoms with E-state index < -0.39 is 24.4 Å². The highest BCUT2D eigenvalue weighted by Crippen LogP contribution is 2.38. The Balaban J connectivity index is 1.66. The van der Waals surface area contributed by atoms with Crippen LogP contribution in [0.15, 0.2) is 42.5 Å². The molecule has 0 saturated carbocycles. The number of ether oxygens (including phenoxy) is 2. The van der Waals surface area contributed by atoms with E-state index >= 15 is 0 Å². The highest BCUT2D eigenvalue weighted by molar-refractivity contribution is 5.85. The van der Waals surface area contributed by atoms with Gasteiger partial charge in [-0.2, -0.15) is 0 Å². The molecule has 2 aromatic rings. The summed E-state index contributed by atoms with van der Waals surface area (Å²) < 4.78 is 9.35. The van der Waals surface area contributed by atoms with Crippen LogP contribution in [0.1, 0.15) is 23.1 Å². The van der Waals surface area contributed by atoms with Gasteiger partial charge in [-0.15, -0.1) is 0 Å². The average Bonchev–Trinajstić information content (AvgIpc) is 2.99. The maximum Gasteiger partial charge on any atom is 0.323 e. The van der Waals surface area contributed by atoms with Crippen molar-refractivity contribution < 1.29 is 23.9 Å². The van der Waals surface area contributed by atoms with Gasteiger partial charge in [-0.05, 0) is 34.2 Å². The standard InChI is InChI=1S/C19H17NO5/c20-17(9-18(22)25-11-21)19(23)24-10-13-5-3-7-15-14-6-2-1-4-12(14)8-16(13)15/h1-7,11,17H,8-10,20H2/t17-/m0/s1. The monoisotopic (exact) mass is 339 g/mol. The van der Waals surface area contributed by atoms with E-state index in [0.29, 0.717) is 0 Å². The third-order valence-corrected chi connectivity index (χ3v) is 4.19. The minimum atomic E-state index is -1.17. The summed E-state index contributed by atoms with van der Waals surface area (Å²) in [6, 6.07) is 12.9. The lowest BCUT2D eigenvalue weighted by atomic mass is 10.0. The molecule has 1 atom stereocenters. The Morgan fingerprint density at radius 1 is 1.12 bits per heavy atom. The van der Waals surface area contributed by atoms with E-state index in [4.69, 9.17) is 10.5 Å². The zero-order valence-corrected chi connectivity index (χ0v) is 13.4. The molecule has 6 heteroatoms. The van der Waals surface area contributed by atoms with Crippen LogP contribution in [-0.2, 0) is 36.9 Å². The molecule has 1 aliphatic rings. The molecule has 1 aliphatic carbocycles. The third-order valence-electron chi connectivity index (χ3n) is 4.19. The maximum absolute atomic E-state index is 11.9. The summed E-state index contributed by atoms with van der Waals surface area (Å²) in [7, 11) is 0. The van der Waals surface area contributed by atoms with E-state index in [0.717, 1.165) is 23.1 Å². The first-order valence-electron chi connectivity index (χ1n) is 7.84.